The number of benzene rings is 1. The van der Waals surface area contributed by atoms with E-state index in [-0.39, 0.29) is 6.71 Å². The zero-order chi connectivity index (χ0) is 10.3. The minimum atomic E-state index is 0.200. The van der Waals surface area contributed by atoms with Crippen LogP contribution in [0.2, 0.25) is 6.32 Å². The van der Waals surface area contributed by atoms with Crippen molar-refractivity contribution in [1.29, 1.82) is 5.26 Å². The van der Waals surface area contributed by atoms with E-state index in [9.17, 15) is 0 Å². The molecule has 1 aromatic heterocycles. The molecular formula is C12H11BN2. The minimum Gasteiger partial charge on any atom is -0.359 e. The summed E-state index contributed by atoms with van der Waals surface area (Å²) in [6.45, 7) is 0.200. The maximum atomic E-state index is 8.93. The Morgan fingerprint density at radius 3 is 3.07 bits per heavy atom. The number of rotatable bonds is 0. The van der Waals surface area contributed by atoms with Gasteiger partial charge in [0.1, 0.15) is 0 Å². The summed E-state index contributed by atoms with van der Waals surface area (Å²) in [5, 5.41) is 10.3. The number of nitriles is 1. The van der Waals surface area contributed by atoms with Gasteiger partial charge in [0.05, 0.1) is 0 Å². The molecule has 1 N–H and O–H groups in total. The first-order valence-electron chi connectivity index (χ1n) is 5.36. The number of nitrogens with one attached hydrogen (secondary N) is 1. The minimum absolute atomic E-state index is 0.200. The van der Waals surface area contributed by atoms with E-state index in [1.807, 2.05) is 6.07 Å². The zero-order valence-corrected chi connectivity index (χ0v) is 8.46. The Kier molecular flexibility index (Phi) is 1.82. The normalized spacial score (nSPS) is 15.0. The molecule has 0 saturated heterocycles. The van der Waals surface area contributed by atoms with Crippen molar-refractivity contribution in [1.82, 2.24) is 4.98 Å². The van der Waals surface area contributed by atoms with Crippen molar-refractivity contribution in [2.45, 2.75) is 19.1 Å². The van der Waals surface area contributed by atoms with Crippen molar-refractivity contribution >= 4 is 17.6 Å². The van der Waals surface area contributed by atoms with Gasteiger partial charge in [0.15, 0.2) is 0 Å². The summed E-state index contributed by atoms with van der Waals surface area (Å²) >= 11 is 0. The molecule has 0 saturated carbocycles. The summed E-state index contributed by atoms with van der Waals surface area (Å²) in [5.41, 5.74) is 3.91. The largest absolute Gasteiger partial charge is 0.359 e. The molecule has 0 atom stereocenters. The van der Waals surface area contributed by atoms with Gasteiger partial charge in [-0.1, -0.05) is 24.5 Å². The third-order valence-corrected chi connectivity index (χ3v) is 3.28. The monoisotopic (exact) mass is 194 g/mol. The number of aromatic amines is 1. The molecule has 2 heterocycles. The average Bonchev–Trinajstić information content (AvgIpc) is 2.66. The summed E-state index contributed by atoms with van der Waals surface area (Å²) in [6.07, 6.45) is 2.93. The van der Waals surface area contributed by atoms with Gasteiger partial charge >= 0.3 is 0 Å². The van der Waals surface area contributed by atoms with Crippen LogP contribution in [0.15, 0.2) is 24.3 Å². The van der Waals surface area contributed by atoms with E-state index in [1.54, 1.807) is 0 Å². The zero-order valence-electron chi connectivity index (χ0n) is 8.46. The summed E-state index contributed by atoms with van der Waals surface area (Å²) in [5.74, 6) is 2.37. The van der Waals surface area contributed by atoms with Crippen LogP contribution in [0.25, 0.3) is 10.9 Å². The fraction of sp³-hybridized carbons (Fsp3) is 0.250. The third-order valence-electron chi connectivity index (χ3n) is 3.28. The molecule has 0 unspecified atom stereocenters. The van der Waals surface area contributed by atoms with Crippen LogP contribution in [0, 0.1) is 11.2 Å². The summed E-state index contributed by atoms with van der Waals surface area (Å²) < 4.78 is 0. The Hall–Kier alpha value is -1.69. The molecule has 2 aromatic rings. The molecule has 0 radical (unpaired) electrons. The molecule has 0 bridgehead atoms. The van der Waals surface area contributed by atoms with E-state index in [2.05, 4.69) is 29.2 Å². The Balaban J connectivity index is 2.17. The van der Waals surface area contributed by atoms with Crippen LogP contribution in [-0.4, -0.2) is 11.7 Å². The van der Waals surface area contributed by atoms with Gasteiger partial charge in [-0.2, -0.15) is 0 Å². The lowest BCUT2D eigenvalue weighted by molar-refractivity contribution is 1.02. The van der Waals surface area contributed by atoms with Crippen LogP contribution in [-0.2, 0) is 12.7 Å². The summed E-state index contributed by atoms with van der Waals surface area (Å²) in [6, 6.07) is 8.39. The molecule has 1 aliphatic heterocycles. The summed E-state index contributed by atoms with van der Waals surface area (Å²) in [7, 11) is 0. The van der Waals surface area contributed by atoms with Gasteiger partial charge < -0.3 is 4.98 Å². The standard InChI is InChI=1S/C12H11BN2/c14-8-13-6-5-10-9-3-1-2-4-11(9)15-12(10)7-13/h1-4,15H,5-7H2. The van der Waals surface area contributed by atoms with Crippen molar-refractivity contribution in [2.75, 3.05) is 0 Å². The highest BCUT2D eigenvalue weighted by molar-refractivity contribution is 6.66. The molecule has 1 aliphatic rings. The highest BCUT2D eigenvalue weighted by atomic mass is 14.7. The molecule has 0 aliphatic carbocycles. The molecule has 0 amide bonds. The van der Waals surface area contributed by atoms with Crippen LogP contribution < -0.4 is 0 Å². The molecule has 3 heteroatoms. The average molecular weight is 194 g/mol. The second-order valence-corrected chi connectivity index (χ2v) is 4.20. The number of H-pyrrole nitrogens is 1. The summed E-state index contributed by atoms with van der Waals surface area (Å²) in [4.78, 5) is 3.43. The van der Waals surface area contributed by atoms with E-state index in [4.69, 9.17) is 5.26 Å². The second-order valence-electron chi connectivity index (χ2n) is 4.20. The lowest BCUT2D eigenvalue weighted by atomic mass is 9.43. The van der Waals surface area contributed by atoms with Gasteiger partial charge in [0.2, 0.25) is 0 Å². The molecular weight excluding hydrogens is 183 g/mol. The van der Waals surface area contributed by atoms with Crippen LogP contribution >= 0.6 is 0 Å². The molecule has 1 aromatic carbocycles. The van der Waals surface area contributed by atoms with E-state index >= 15 is 0 Å². The lowest BCUT2D eigenvalue weighted by Crippen LogP contribution is -2.21. The topological polar surface area (TPSA) is 39.6 Å². The van der Waals surface area contributed by atoms with Gasteiger partial charge in [-0.05, 0) is 24.4 Å². The molecule has 72 valence electrons. The Morgan fingerprint density at radius 2 is 2.20 bits per heavy atom. The van der Waals surface area contributed by atoms with Crippen LogP contribution in [0.4, 0.5) is 0 Å². The molecule has 15 heavy (non-hydrogen) atoms. The van der Waals surface area contributed by atoms with Gasteiger partial charge in [-0.3, -0.25) is 0 Å². The van der Waals surface area contributed by atoms with Crippen molar-refractivity contribution in [3.8, 4) is 5.97 Å². The molecule has 0 spiro atoms. The number of hydrogen-bond acceptors (Lipinski definition) is 1. The smallest absolute Gasteiger partial charge is 0.274 e. The number of nitrogens with zero attached hydrogens (tertiary/aromatic N) is 1. The SMILES string of the molecule is N#CB1CCc2c([nH]c3ccccc23)C1. The lowest BCUT2D eigenvalue weighted by Gasteiger charge is -2.13. The first-order chi connectivity index (χ1) is 7.38. The fourth-order valence-electron chi connectivity index (χ4n) is 2.49. The van der Waals surface area contributed by atoms with Crippen molar-refractivity contribution in [3.05, 3.63) is 35.5 Å². The molecule has 0 fully saturated rings. The number of aromatic nitrogens is 1. The maximum absolute atomic E-state index is 8.93. The van der Waals surface area contributed by atoms with E-state index in [0.29, 0.717) is 0 Å². The predicted octanol–water partition coefficient (Wildman–Crippen LogP) is 2.36. The molecule has 2 nitrogen and oxygen atoms in total. The van der Waals surface area contributed by atoms with Crippen molar-refractivity contribution < 1.29 is 0 Å². The van der Waals surface area contributed by atoms with E-state index in [1.165, 1.54) is 22.2 Å². The fourth-order valence-corrected chi connectivity index (χ4v) is 2.49. The van der Waals surface area contributed by atoms with E-state index < -0.39 is 0 Å². The van der Waals surface area contributed by atoms with Gasteiger partial charge in [0, 0.05) is 22.6 Å². The van der Waals surface area contributed by atoms with Crippen LogP contribution in [0.5, 0.6) is 0 Å². The Labute approximate surface area is 89.0 Å². The van der Waals surface area contributed by atoms with Gasteiger partial charge in [-0.15, -0.1) is 0 Å². The second kappa shape index (κ2) is 3.17. The van der Waals surface area contributed by atoms with Crippen LogP contribution in [0.1, 0.15) is 11.3 Å². The van der Waals surface area contributed by atoms with Crippen LogP contribution in [0.3, 0.4) is 0 Å². The molecule has 3 rings (SSSR count). The van der Waals surface area contributed by atoms with Crippen molar-refractivity contribution in [3.63, 3.8) is 0 Å². The van der Waals surface area contributed by atoms with Gasteiger partial charge in [0.25, 0.3) is 6.71 Å². The maximum Gasteiger partial charge on any atom is 0.274 e. The number of aryl methyl sites for hydroxylation is 1. The highest BCUT2D eigenvalue weighted by Gasteiger charge is 2.24. The highest BCUT2D eigenvalue weighted by Crippen LogP contribution is 2.28. The predicted molar refractivity (Wildman–Crippen MR) is 61.9 cm³/mol. The number of para-hydroxylation sites is 1. The number of fused-ring (bicyclic) bond motifs is 3. The first kappa shape index (κ1) is 8.61. The Morgan fingerprint density at radius 1 is 1.33 bits per heavy atom. The van der Waals surface area contributed by atoms with Gasteiger partial charge in [-0.25, -0.2) is 5.26 Å². The van der Waals surface area contributed by atoms with Crippen molar-refractivity contribution in [2.24, 2.45) is 0 Å². The third kappa shape index (κ3) is 1.25. The first-order valence-corrected chi connectivity index (χ1v) is 5.36. The Bertz CT molecular complexity index is 550. The van der Waals surface area contributed by atoms with E-state index in [0.717, 1.165) is 19.1 Å². The number of hydrogen-bond donors (Lipinski definition) is 1. The quantitative estimate of drug-likeness (QED) is 0.642.